The first-order chi connectivity index (χ1) is 15.0. The first-order valence-electron chi connectivity index (χ1n) is 9.71. The van der Waals surface area contributed by atoms with E-state index in [1.807, 2.05) is 0 Å². The van der Waals surface area contributed by atoms with Gasteiger partial charge in [0.15, 0.2) is 5.82 Å². The van der Waals surface area contributed by atoms with Crippen LogP contribution in [0.5, 0.6) is 5.75 Å². The lowest BCUT2D eigenvalue weighted by Crippen LogP contribution is -2.39. The number of hydrogen-bond acceptors (Lipinski definition) is 7. The number of anilines is 1. The van der Waals surface area contributed by atoms with E-state index >= 15 is 0 Å². The molecule has 11 nitrogen and oxygen atoms in total. The van der Waals surface area contributed by atoms with Crippen molar-refractivity contribution in [3.8, 4) is 17.3 Å². The first-order valence-corrected chi connectivity index (χ1v) is 10.1. The molecule has 0 spiro atoms. The zero-order chi connectivity index (χ0) is 21.8. The molecule has 0 unspecified atom stereocenters. The van der Waals surface area contributed by atoms with Crippen LogP contribution in [0.4, 0.5) is 5.69 Å². The fraction of sp³-hybridized carbons (Fsp3) is 0.368. The summed E-state index contributed by atoms with van der Waals surface area (Å²) in [7, 11) is 1.47. The van der Waals surface area contributed by atoms with E-state index in [1.54, 1.807) is 12.1 Å². The summed E-state index contributed by atoms with van der Waals surface area (Å²) in [6, 6.07) is 4.76. The number of amides is 1. The number of rotatable bonds is 7. The number of aromatic nitrogens is 5. The molecular weight excluding hydrogens is 461 g/mol. The van der Waals surface area contributed by atoms with Gasteiger partial charge < -0.3 is 14.8 Å². The molecule has 1 aliphatic rings. The molecule has 1 aliphatic heterocycles. The summed E-state index contributed by atoms with van der Waals surface area (Å²) in [5.41, 5.74) is 0.677. The second kappa shape index (κ2) is 10.6. The summed E-state index contributed by atoms with van der Waals surface area (Å²) in [6.07, 6.45) is 1.44. The number of hydrogen-bond donors (Lipinski definition) is 3. The molecule has 1 amide bonds. The average molecular weight is 484 g/mol. The van der Waals surface area contributed by atoms with Gasteiger partial charge in [-0.2, -0.15) is 5.10 Å². The maximum Gasteiger partial charge on any atom is 0.343 e. The number of nitrogens with zero attached hydrogens (tertiary/aromatic N) is 4. The second-order valence-electron chi connectivity index (χ2n) is 6.91. The topological polar surface area (TPSA) is 130 Å². The molecule has 0 atom stereocenters. The maximum atomic E-state index is 12.8. The number of ether oxygens (including phenoxy) is 2. The number of H-pyrrole nitrogens is 2. The van der Waals surface area contributed by atoms with E-state index in [0.29, 0.717) is 48.5 Å². The molecule has 32 heavy (non-hydrogen) atoms. The minimum Gasteiger partial charge on any atom is -0.496 e. The van der Waals surface area contributed by atoms with Gasteiger partial charge in [-0.15, -0.1) is 17.5 Å². The smallest absolute Gasteiger partial charge is 0.343 e. The van der Waals surface area contributed by atoms with Crippen LogP contribution in [0.25, 0.3) is 11.5 Å². The molecule has 0 aliphatic carbocycles. The van der Waals surface area contributed by atoms with Crippen molar-refractivity contribution in [2.24, 2.45) is 0 Å². The van der Waals surface area contributed by atoms with Gasteiger partial charge in [-0.25, -0.2) is 9.48 Å². The van der Waals surface area contributed by atoms with Crippen molar-refractivity contribution in [1.82, 2.24) is 29.9 Å². The van der Waals surface area contributed by atoms with Crippen molar-refractivity contribution in [3.05, 3.63) is 45.5 Å². The number of carbonyl (C=O) groups excluding carboxylic acids is 1. The monoisotopic (exact) mass is 483 g/mol. The predicted octanol–water partition coefficient (Wildman–Crippen LogP) is 1.63. The Bertz CT molecular complexity index is 1120. The summed E-state index contributed by atoms with van der Waals surface area (Å²) in [5, 5.41) is 14.3. The number of halogens is 2. The lowest BCUT2D eigenvalue weighted by Gasteiger charge is -2.26. The third kappa shape index (κ3) is 5.30. The van der Waals surface area contributed by atoms with Gasteiger partial charge in [0.25, 0.3) is 5.91 Å². The van der Waals surface area contributed by atoms with Crippen LogP contribution >= 0.6 is 24.0 Å². The molecule has 3 N–H and O–H groups in total. The van der Waals surface area contributed by atoms with Gasteiger partial charge in [-0.1, -0.05) is 11.6 Å². The van der Waals surface area contributed by atoms with Crippen LogP contribution in [0.1, 0.15) is 10.4 Å². The third-order valence-electron chi connectivity index (χ3n) is 4.94. The lowest BCUT2D eigenvalue weighted by molar-refractivity contribution is 0.0358. The van der Waals surface area contributed by atoms with E-state index in [0.717, 1.165) is 13.1 Å². The molecule has 3 heterocycles. The Morgan fingerprint density at radius 2 is 2.09 bits per heavy atom. The number of nitrogens with one attached hydrogen (secondary N) is 3. The first kappa shape index (κ1) is 23.8. The van der Waals surface area contributed by atoms with E-state index in [-0.39, 0.29) is 29.5 Å². The second-order valence-corrected chi connectivity index (χ2v) is 7.35. The number of methoxy groups -OCH3 is 1. The van der Waals surface area contributed by atoms with Crippen molar-refractivity contribution in [3.63, 3.8) is 0 Å². The minimum atomic E-state index is -0.434. The molecule has 1 saturated heterocycles. The standard InChI is InChI=1S/C19H22ClN7O4.ClH/c1-30-15-3-2-12(20)10-13(15)18(28)22-14-11-21-24-16(14)17-23-19(29)27(25-17)5-4-26-6-8-31-9-7-26;/h2-3,10-11H,4-9H2,1H3,(H,21,24)(H,22,28)(H,23,25,29);1H. The van der Waals surface area contributed by atoms with Crippen molar-refractivity contribution >= 4 is 35.6 Å². The summed E-state index contributed by atoms with van der Waals surface area (Å²) < 4.78 is 11.9. The van der Waals surface area contributed by atoms with Gasteiger partial charge in [-0.3, -0.25) is 19.8 Å². The predicted molar refractivity (Wildman–Crippen MR) is 121 cm³/mol. The SMILES string of the molecule is COc1ccc(Cl)cc1C(=O)Nc1cn[nH]c1-c1nn(CCN2CCOCC2)c(=O)[nH]1.Cl. The van der Waals surface area contributed by atoms with Crippen LogP contribution in [-0.2, 0) is 11.3 Å². The highest BCUT2D eigenvalue weighted by Crippen LogP contribution is 2.26. The lowest BCUT2D eigenvalue weighted by atomic mass is 10.2. The summed E-state index contributed by atoms with van der Waals surface area (Å²) in [4.78, 5) is 30.0. The van der Waals surface area contributed by atoms with Gasteiger partial charge in [0.1, 0.15) is 11.4 Å². The quantitative estimate of drug-likeness (QED) is 0.465. The molecular formula is C19H23Cl2N7O4. The molecule has 4 rings (SSSR count). The number of benzene rings is 1. The van der Waals surface area contributed by atoms with Crippen molar-refractivity contribution < 1.29 is 14.3 Å². The molecule has 0 bridgehead atoms. The Morgan fingerprint density at radius 3 is 2.84 bits per heavy atom. The van der Waals surface area contributed by atoms with Crippen LogP contribution in [0.2, 0.25) is 5.02 Å². The Hall–Kier alpha value is -2.86. The molecule has 0 saturated carbocycles. The summed E-state index contributed by atoms with van der Waals surface area (Å²) >= 11 is 6.02. The van der Waals surface area contributed by atoms with E-state index in [1.165, 1.54) is 24.1 Å². The zero-order valence-electron chi connectivity index (χ0n) is 17.3. The van der Waals surface area contributed by atoms with Gasteiger partial charge in [0, 0.05) is 24.7 Å². The fourth-order valence-electron chi connectivity index (χ4n) is 3.29. The number of morpholine rings is 1. The van der Waals surface area contributed by atoms with Gasteiger partial charge in [0.05, 0.1) is 44.3 Å². The minimum absolute atomic E-state index is 0. The zero-order valence-corrected chi connectivity index (χ0v) is 18.8. The molecule has 2 aromatic heterocycles. The Balaban J connectivity index is 0.00000289. The largest absolute Gasteiger partial charge is 0.496 e. The van der Waals surface area contributed by atoms with E-state index in [9.17, 15) is 9.59 Å². The molecule has 1 fully saturated rings. The maximum absolute atomic E-state index is 12.8. The van der Waals surface area contributed by atoms with E-state index in [2.05, 4.69) is 30.5 Å². The molecule has 172 valence electrons. The number of carbonyl (C=O) groups is 1. The average Bonchev–Trinajstić information content (AvgIpc) is 3.39. The molecule has 13 heteroatoms. The summed E-state index contributed by atoms with van der Waals surface area (Å²) in [6.45, 7) is 4.16. The van der Waals surface area contributed by atoms with Crippen LogP contribution in [0.15, 0.2) is 29.2 Å². The fourth-order valence-corrected chi connectivity index (χ4v) is 3.46. The van der Waals surface area contributed by atoms with Gasteiger partial charge in [-0.05, 0) is 18.2 Å². The van der Waals surface area contributed by atoms with Crippen LogP contribution in [0, 0.1) is 0 Å². The Kier molecular flexibility index (Phi) is 7.91. The van der Waals surface area contributed by atoms with Gasteiger partial charge in [0.2, 0.25) is 0 Å². The molecule has 0 radical (unpaired) electrons. The van der Waals surface area contributed by atoms with Crippen molar-refractivity contribution in [2.75, 3.05) is 45.3 Å². The Morgan fingerprint density at radius 1 is 1.31 bits per heavy atom. The molecule has 1 aromatic carbocycles. The van der Waals surface area contributed by atoms with Crippen molar-refractivity contribution in [2.45, 2.75) is 6.54 Å². The van der Waals surface area contributed by atoms with Gasteiger partial charge >= 0.3 is 5.69 Å². The van der Waals surface area contributed by atoms with E-state index in [4.69, 9.17) is 21.1 Å². The van der Waals surface area contributed by atoms with E-state index < -0.39 is 5.91 Å². The van der Waals surface area contributed by atoms with Crippen molar-refractivity contribution in [1.29, 1.82) is 0 Å². The number of aromatic amines is 2. The highest BCUT2D eigenvalue weighted by atomic mass is 35.5. The Labute approximate surface area is 194 Å². The highest BCUT2D eigenvalue weighted by Gasteiger charge is 2.19. The summed E-state index contributed by atoms with van der Waals surface area (Å²) in [5.74, 6) is 0.224. The molecule has 3 aromatic rings. The highest BCUT2D eigenvalue weighted by molar-refractivity contribution is 6.31. The van der Waals surface area contributed by atoms with Crippen LogP contribution < -0.4 is 15.7 Å². The van der Waals surface area contributed by atoms with Crippen LogP contribution in [-0.4, -0.2) is 75.7 Å². The third-order valence-corrected chi connectivity index (χ3v) is 5.18. The normalized spacial score (nSPS) is 14.1. The van der Waals surface area contributed by atoms with Crippen LogP contribution in [0.3, 0.4) is 0 Å².